The molecule has 94 valence electrons. The van der Waals surface area contributed by atoms with Gasteiger partial charge in [-0.25, -0.2) is 4.39 Å². The summed E-state index contributed by atoms with van der Waals surface area (Å²) < 4.78 is 18.4. The van der Waals surface area contributed by atoms with Crippen LogP contribution in [0.5, 0.6) is 5.75 Å². The van der Waals surface area contributed by atoms with Gasteiger partial charge < -0.3 is 10.1 Å². The van der Waals surface area contributed by atoms with Crippen molar-refractivity contribution in [2.75, 3.05) is 19.7 Å². The Morgan fingerprint density at radius 3 is 2.71 bits per heavy atom. The van der Waals surface area contributed by atoms with Crippen LogP contribution < -0.4 is 10.1 Å². The summed E-state index contributed by atoms with van der Waals surface area (Å²) in [6.07, 6.45) is 0. The van der Waals surface area contributed by atoms with Gasteiger partial charge in [-0.2, -0.15) is 0 Å². The Bertz CT molecular complexity index is 405. The first-order valence-corrected chi connectivity index (χ1v) is 5.92. The van der Waals surface area contributed by atoms with E-state index in [4.69, 9.17) is 16.3 Å². The SMILES string of the molecule is Cl.Fc1ccc(OCC2[C@H]3CNC[C@@H]23)c(Cl)c1. The maximum atomic E-state index is 12.8. The summed E-state index contributed by atoms with van der Waals surface area (Å²) in [5.41, 5.74) is 0. The molecule has 1 heterocycles. The maximum Gasteiger partial charge on any atom is 0.138 e. The molecule has 0 radical (unpaired) electrons. The predicted octanol–water partition coefficient (Wildman–Crippen LogP) is 2.75. The highest BCUT2D eigenvalue weighted by Gasteiger charge is 2.52. The molecule has 1 aliphatic heterocycles. The molecular formula is C12H14Cl2FNO. The van der Waals surface area contributed by atoms with Crippen molar-refractivity contribution in [3.8, 4) is 5.75 Å². The molecule has 1 saturated carbocycles. The summed E-state index contributed by atoms with van der Waals surface area (Å²) in [5.74, 6) is 2.46. The number of fused-ring (bicyclic) bond motifs is 1. The third kappa shape index (κ3) is 2.51. The van der Waals surface area contributed by atoms with Gasteiger partial charge in [0.05, 0.1) is 11.6 Å². The highest BCUT2D eigenvalue weighted by atomic mass is 35.5. The second-order valence-corrected chi connectivity index (χ2v) is 4.94. The molecule has 3 atom stereocenters. The first kappa shape index (κ1) is 12.9. The van der Waals surface area contributed by atoms with Gasteiger partial charge in [-0.3, -0.25) is 0 Å². The van der Waals surface area contributed by atoms with Gasteiger partial charge in [-0.15, -0.1) is 12.4 Å². The zero-order valence-corrected chi connectivity index (χ0v) is 10.7. The van der Waals surface area contributed by atoms with E-state index in [-0.39, 0.29) is 18.2 Å². The molecule has 1 aromatic rings. The molecule has 0 amide bonds. The Morgan fingerprint density at radius 2 is 2.06 bits per heavy atom. The molecule has 5 heteroatoms. The molecule has 2 nitrogen and oxygen atoms in total. The average Bonchev–Trinajstić information content (AvgIpc) is 2.71. The zero-order valence-electron chi connectivity index (χ0n) is 9.16. The fourth-order valence-corrected chi connectivity index (χ4v) is 2.79. The monoisotopic (exact) mass is 277 g/mol. The molecule has 1 aromatic carbocycles. The number of piperidine rings is 1. The Kier molecular flexibility index (Phi) is 3.81. The molecule has 17 heavy (non-hydrogen) atoms. The predicted molar refractivity (Wildman–Crippen MR) is 67.5 cm³/mol. The normalized spacial score (nSPS) is 29.4. The zero-order chi connectivity index (χ0) is 11.1. The van der Waals surface area contributed by atoms with Crippen molar-refractivity contribution in [1.29, 1.82) is 0 Å². The summed E-state index contributed by atoms with van der Waals surface area (Å²) in [6.45, 7) is 2.91. The second kappa shape index (κ2) is 5.01. The van der Waals surface area contributed by atoms with E-state index in [0.717, 1.165) is 24.9 Å². The lowest BCUT2D eigenvalue weighted by atomic mass is 10.3. The van der Waals surface area contributed by atoms with Crippen LogP contribution in [0.3, 0.4) is 0 Å². The first-order valence-electron chi connectivity index (χ1n) is 5.54. The maximum absolute atomic E-state index is 12.8. The molecule has 0 aromatic heterocycles. The molecule has 0 bridgehead atoms. The third-order valence-corrected chi connectivity index (χ3v) is 3.89. The van der Waals surface area contributed by atoms with Crippen LogP contribution in [0, 0.1) is 23.6 Å². The lowest BCUT2D eigenvalue weighted by Gasteiger charge is -2.09. The van der Waals surface area contributed by atoms with Gasteiger partial charge >= 0.3 is 0 Å². The van der Waals surface area contributed by atoms with Gasteiger partial charge in [0.25, 0.3) is 0 Å². The van der Waals surface area contributed by atoms with Gasteiger partial charge in [0.1, 0.15) is 11.6 Å². The van der Waals surface area contributed by atoms with E-state index in [2.05, 4.69) is 5.32 Å². The van der Waals surface area contributed by atoms with Gasteiger partial charge in [0.2, 0.25) is 0 Å². The molecular weight excluding hydrogens is 264 g/mol. The van der Waals surface area contributed by atoms with E-state index in [1.807, 2.05) is 0 Å². The fourth-order valence-electron chi connectivity index (χ4n) is 2.57. The highest BCUT2D eigenvalue weighted by Crippen LogP contribution is 2.48. The number of halogens is 3. The van der Waals surface area contributed by atoms with E-state index in [1.54, 1.807) is 6.07 Å². The summed E-state index contributed by atoms with van der Waals surface area (Å²) in [5, 5.41) is 3.69. The minimum Gasteiger partial charge on any atom is -0.492 e. The summed E-state index contributed by atoms with van der Waals surface area (Å²) >= 11 is 5.88. The molecule has 3 rings (SSSR count). The Hall–Kier alpha value is -0.510. The lowest BCUT2D eigenvalue weighted by molar-refractivity contribution is 0.280. The van der Waals surface area contributed by atoms with Crippen molar-refractivity contribution in [2.45, 2.75) is 0 Å². The van der Waals surface area contributed by atoms with Gasteiger partial charge in [0.15, 0.2) is 0 Å². The van der Waals surface area contributed by atoms with Crippen molar-refractivity contribution >= 4 is 24.0 Å². The minimum atomic E-state index is -0.329. The average molecular weight is 278 g/mol. The Morgan fingerprint density at radius 1 is 1.35 bits per heavy atom. The van der Waals surface area contributed by atoms with Crippen LogP contribution in [0.2, 0.25) is 5.02 Å². The summed E-state index contributed by atoms with van der Waals surface area (Å²) in [6, 6.07) is 4.25. The van der Waals surface area contributed by atoms with Crippen LogP contribution in [-0.2, 0) is 0 Å². The number of hydrogen-bond donors (Lipinski definition) is 1. The number of rotatable bonds is 3. The smallest absolute Gasteiger partial charge is 0.138 e. The van der Waals surface area contributed by atoms with Crippen molar-refractivity contribution in [3.63, 3.8) is 0 Å². The van der Waals surface area contributed by atoms with E-state index in [9.17, 15) is 4.39 Å². The molecule has 1 N–H and O–H groups in total. The first-order chi connectivity index (χ1) is 7.75. The van der Waals surface area contributed by atoms with Crippen molar-refractivity contribution in [2.24, 2.45) is 17.8 Å². The van der Waals surface area contributed by atoms with E-state index < -0.39 is 0 Å². The van der Waals surface area contributed by atoms with E-state index >= 15 is 0 Å². The molecule has 2 fully saturated rings. The van der Waals surface area contributed by atoms with Gasteiger partial charge in [0, 0.05) is 5.92 Å². The molecule has 2 aliphatic rings. The second-order valence-electron chi connectivity index (χ2n) is 4.54. The van der Waals surface area contributed by atoms with E-state index in [1.165, 1.54) is 12.1 Å². The van der Waals surface area contributed by atoms with Gasteiger partial charge in [-0.1, -0.05) is 11.6 Å². The number of benzene rings is 1. The fraction of sp³-hybridized carbons (Fsp3) is 0.500. The largest absolute Gasteiger partial charge is 0.492 e. The van der Waals surface area contributed by atoms with Crippen LogP contribution in [0.25, 0.3) is 0 Å². The third-order valence-electron chi connectivity index (χ3n) is 3.59. The highest BCUT2D eigenvalue weighted by molar-refractivity contribution is 6.32. The van der Waals surface area contributed by atoms with Crippen LogP contribution in [-0.4, -0.2) is 19.7 Å². The van der Waals surface area contributed by atoms with E-state index in [0.29, 0.717) is 23.3 Å². The number of nitrogens with one attached hydrogen (secondary N) is 1. The van der Waals surface area contributed by atoms with Crippen LogP contribution >= 0.6 is 24.0 Å². The molecule has 1 unspecified atom stereocenters. The summed E-state index contributed by atoms with van der Waals surface area (Å²) in [4.78, 5) is 0. The summed E-state index contributed by atoms with van der Waals surface area (Å²) in [7, 11) is 0. The van der Waals surface area contributed by atoms with Crippen molar-refractivity contribution in [1.82, 2.24) is 5.32 Å². The quantitative estimate of drug-likeness (QED) is 0.918. The van der Waals surface area contributed by atoms with Crippen LogP contribution in [0.4, 0.5) is 4.39 Å². The Balaban J connectivity index is 0.00000108. The molecule has 1 aliphatic carbocycles. The van der Waals surface area contributed by atoms with Crippen LogP contribution in [0.15, 0.2) is 18.2 Å². The van der Waals surface area contributed by atoms with Crippen molar-refractivity contribution < 1.29 is 9.13 Å². The minimum absolute atomic E-state index is 0. The Labute approximate surface area is 111 Å². The standard InChI is InChI=1S/C12H13ClFNO.ClH/c13-11-3-7(14)1-2-12(11)16-6-10-8-4-15-5-9(8)10;/h1-3,8-10,15H,4-6H2;1H/t8-,9+,10?;. The van der Waals surface area contributed by atoms with Gasteiger partial charge in [-0.05, 0) is 43.1 Å². The van der Waals surface area contributed by atoms with Crippen molar-refractivity contribution in [3.05, 3.63) is 29.0 Å². The number of ether oxygens (including phenoxy) is 1. The molecule has 0 spiro atoms. The topological polar surface area (TPSA) is 21.3 Å². The lowest BCUT2D eigenvalue weighted by Crippen LogP contribution is -2.17. The number of hydrogen-bond acceptors (Lipinski definition) is 2. The van der Waals surface area contributed by atoms with Crippen LogP contribution in [0.1, 0.15) is 0 Å². The molecule has 1 saturated heterocycles.